The second kappa shape index (κ2) is 10.7. The number of anilines is 1. The standard InChI is InChI=1S/C26H28F2N2O3Si/c1-17(31)30-26-11-18(9-10-29-26)16-33-22-6-5-19(25(28)15-22)12-21(32)13-20-14-23(34(2,3)4)7-8-24(20)27/h5-11,14-15H,12-13,16H2,1-4H3,(H,29,30,31). The maximum Gasteiger partial charge on any atom is 0.222 e. The monoisotopic (exact) mass is 482 g/mol. The summed E-state index contributed by atoms with van der Waals surface area (Å²) in [6.45, 7) is 8.00. The van der Waals surface area contributed by atoms with Crippen LogP contribution in [0.3, 0.4) is 0 Å². The summed E-state index contributed by atoms with van der Waals surface area (Å²) in [5.41, 5.74) is 1.33. The van der Waals surface area contributed by atoms with Crippen molar-refractivity contribution in [2.24, 2.45) is 0 Å². The number of hydrogen-bond acceptors (Lipinski definition) is 4. The highest BCUT2D eigenvalue weighted by molar-refractivity contribution is 6.88. The van der Waals surface area contributed by atoms with Crippen LogP contribution in [-0.2, 0) is 29.0 Å². The molecule has 1 heterocycles. The molecule has 0 fully saturated rings. The number of pyridine rings is 1. The van der Waals surface area contributed by atoms with Crippen LogP contribution in [0.25, 0.3) is 0 Å². The molecule has 0 saturated carbocycles. The first kappa shape index (κ1) is 25.2. The minimum absolute atomic E-state index is 0.0828. The van der Waals surface area contributed by atoms with Gasteiger partial charge >= 0.3 is 0 Å². The molecule has 0 aliphatic heterocycles. The zero-order valence-electron chi connectivity index (χ0n) is 19.7. The van der Waals surface area contributed by atoms with Crippen molar-refractivity contribution < 1.29 is 23.1 Å². The summed E-state index contributed by atoms with van der Waals surface area (Å²) in [6.07, 6.45) is 1.33. The van der Waals surface area contributed by atoms with Crippen molar-refractivity contribution >= 4 is 30.8 Å². The number of carbonyl (C=O) groups excluding carboxylic acids is 2. The molecule has 0 atom stereocenters. The number of benzene rings is 2. The molecule has 2 aromatic carbocycles. The van der Waals surface area contributed by atoms with E-state index in [1.807, 2.05) is 0 Å². The highest BCUT2D eigenvalue weighted by Crippen LogP contribution is 2.20. The first-order valence-electron chi connectivity index (χ1n) is 11.0. The van der Waals surface area contributed by atoms with Crippen LogP contribution in [0.2, 0.25) is 19.6 Å². The molecule has 0 aliphatic carbocycles. The van der Waals surface area contributed by atoms with Crippen molar-refractivity contribution in [3.05, 3.63) is 83.1 Å². The van der Waals surface area contributed by atoms with Crippen molar-refractivity contribution in [2.75, 3.05) is 5.32 Å². The molecule has 5 nitrogen and oxygen atoms in total. The fourth-order valence-corrected chi connectivity index (χ4v) is 4.60. The third kappa shape index (κ3) is 7.05. The van der Waals surface area contributed by atoms with Crippen LogP contribution in [0.4, 0.5) is 14.6 Å². The van der Waals surface area contributed by atoms with Crippen molar-refractivity contribution in [1.82, 2.24) is 4.98 Å². The molecule has 1 amide bonds. The topological polar surface area (TPSA) is 68.3 Å². The van der Waals surface area contributed by atoms with Gasteiger partial charge in [0.25, 0.3) is 0 Å². The van der Waals surface area contributed by atoms with Gasteiger partial charge in [-0.05, 0) is 41.0 Å². The second-order valence-corrected chi connectivity index (χ2v) is 14.3. The summed E-state index contributed by atoms with van der Waals surface area (Å²) < 4.78 is 34.5. The number of aromatic nitrogens is 1. The summed E-state index contributed by atoms with van der Waals surface area (Å²) in [6, 6.07) is 12.7. The number of ether oxygens (including phenoxy) is 1. The fourth-order valence-electron chi connectivity index (χ4n) is 3.40. The molecule has 34 heavy (non-hydrogen) atoms. The molecule has 0 radical (unpaired) electrons. The number of rotatable bonds is 9. The fraction of sp³-hybridized carbons (Fsp3) is 0.269. The van der Waals surface area contributed by atoms with E-state index in [4.69, 9.17) is 4.74 Å². The number of nitrogens with zero attached hydrogens (tertiary/aromatic N) is 1. The lowest BCUT2D eigenvalue weighted by atomic mass is 10.0. The van der Waals surface area contributed by atoms with Crippen LogP contribution in [0.1, 0.15) is 23.6 Å². The first-order chi connectivity index (χ1) is 16.0. The lowest BCUT2D eigenvalue weighted by Crippen LogP contribution is -2.38. The second-order valence-electron chi connectivity index (χ2n) is 9.22. The smallest absolute Gasteiger partial charge is 0.222 e. The van der Waals surface area contributed by atoms with E-state index in [2.05, 4.69) is 29.9 Å². The molecular weight excluding hydrogens is 454 g/mol. The van der Waals surface area contributed by atoms with E-state index in [1.165, 1.54) is 25.1 Å². The third-order valence-corrected chi connectivity index (χ3v) is 7.29. The molecule has 0 spiro atoms. The van der Waals surface area contributed by atoms with Crippen molar-refractivity contribution in [2.45, 2.75) is 46.0 Å². The van der Waals surface area contributed by atoms with E-state index in [0.717, 1.165) is 10.8 Å². The number of halogens is 2. The Kier molecular flexibility index (Phi) is 7.93. The highest BCUT2D eigenvalue weighted by atomic mass is 28.3. The van der Waals surface area contributed by atoms with Gasteiger partial charge in [-0.3, -0.25) is 9.59 Å². The molecule has 0 unspecified atom stereocenters. The third-order valence-electron chi connectivity index (χ3n) is 5.25. The molecule has 3 rings (SSSR count). The molecule has 3 aromatic rings. The van der Waals surface area contributed by atoms with E-state index in [9.17, 15) is 18.4 Å². The number of Topliss-reactive ketones (excluding diaryl/α,β-unsaturated/α-hetero) is 1. The summed E-state index contributed by atoms with van der Waals surface area (Å²) in [5, 5.41) is 3.66. The van der Waals surface area contributed by atoms with Gasteiger partial charge in [0.15, 0.2) is 0 Å². The van der Waals surface area contributed by atoms with Crippen LogP contribution in [-0.4, -0.2) is 24.7 Å². The minimum atomic E-state index is -1.64. The Balaban J connectivity index is 1.62. The Labute approximate surface area is 199 Å². The van der Waals surface area contributed by atoms with Crippen LogP contribution in [0.5, 0.6) is 5.75 Å². The molecule has 178 valence electrons. The lowest BCUT2D eigenvalue weighted by molar-refractivity contribution is -0.118. The predicted octanol–water partition coefficient (Wildman–Crippen LogP) is 4.80. The Bertz CT molecular complexity index is 1210. The first-order valence-corrected chi connectivity index (χ1v) is 14.5. The maximum atomic E-state index is 14.6. The molecule has 1 N–H and O–H groups in total. The quantitative estimate of drug-likeness (QED) is 0.445. The predicted molar refractivity (Wildman–Crippen MR) is 131 cm³/mol. The molecule has 0 saturated heterocycles. The van der Waals surface area contributed by atoms with Gasteiger partial charge < -0.3 is 10.1 Å². The average molecular weight is 483 g/mol. The van der Waals surface area contributed by atoms with Gasteiger partial charge in [0.1, 0.15) is 35.6 Å². The lowest BCUT2D eigenvalue weighted by Gasteiger charge is -2.18. The Morgan fingerprint density at radius 3 is 2.35 bits per heavy atom. The van der Waals surface area contributed by atoms with E-state index in [-0.39, 0.29) is 36.7 Å². The number of hydrogen-bond donors (Lipinski definition) is 1. The van der Waals surface area contributed by atoms with Crippen LogP contribution >= 0.6 is 0 Å². The zero-order valence-corrected chi connectivity index (χ0v) is 20.7. The van der Waals surface area contributed by atoms with Gasteiger partial charge in [-0.15, -0.1) is 0 Å². The largest absolute Gasteiger partial charge is 0.489 e. The van der Waals surface area contributed by atoms with Crippen LogP contribution in [0.15, 0.2) is 54.7 Å². The molecule has 0 aliphatic rings. The number of amides is 1. The minimum Gasteiger partial charge on any atom is -0.489 e. The van der Waals surface area contributed by atoms with Crippen LogP contribution < -0.4 is 15.2 Å². The zero-order chi connectivity index (χ0) is 24.9. The van der Waals surface area contributed by atoms with Gasteiger partial charge in [0.05, 0.1) is 8.07 Å². The number of ketones is 1. The summed E-state index contributed by atoms with van der Waals surface area (Å²) in [7, 11) is -1.64. The summed E-state index contributed by atoms with van der Waals surface area (Å²) >= 11 is 0. The molecule has 0 bridgehead atoms. The number of nitrogens with one attached hydrogen (secondary N) is 1. The van der Waals surface area contributed by atoms with Crippen molar-refractivity contribution in [1.29, 1.82) is 0 Å². The normalized spacial score (nSPS) is 11.2. The Morgan fingerprint density at radius 1 is 0.941 bits per heavy atom. The molecule has 8 heteroatoms. The van der Waals surface area contributed by atoms with Gasteiger partial charge in [0.2, 0.25) is 5.91 Å². The van der Waals surface area contributed by atoms with E-state index in [1.54, 1.807) is 36.5 Å². The maximum absolute atomic E-state index is 14.6. The summed E-state index contributed by atoms with van der Waals surface area (Å²) in [5.74, 6) is -0.764. The highest BCUT2D eigenvalue weighted by Gasteiger charge is 2.19. The van der Waals surface area contributed by atoms with Gasteiger partial charge in [-0.25, -0.2) is 13.8 Å². The molecule has 1 aromatic heterocycles. The molecular formula is C26H28F2N2O3Si. The van der Waals surface area contributed by atoms with Crippen molar-refractivity contribution in [3.63, 3.8) is 0 Å². The van der Waals surface area contributed by atoms with Crippen molar-refractivity contribution in [3.8, 4) is 5.75 Å². The van der Waals surface area contributed by atoms with Gasteiger partial charge in [0, 0.05) is 32.0 Å². The Hall–Kier alpha value is -3.39. The van der Waals surface area contributed by atoms with Crippen LogP contribution in [0, 0.1) is 11.6 Å². The van der Waals surface area contributed by atoms with Gasteiger partial charge in [-0.1, -0.05) is 43.0 Å². The number of carbonyl (C=O) groups is 2. The van der Waals surface area contributed by atoms with Gasteiger partial charge in [-0.2, -0.15) is 0 Å². The average Bonchev–Trinajstić information content (AvgIpc) is 2.74. The van der Waals surface area contributed by atoms with E-state index < -0.39 is 19.7 Å². The Morgan fingerprint density at radius 2 is 1.68 bits per heavy atom. The van der Waals surface area contributed by atoms with E-state index >= 15 is 0 Å². The SMILES string of the molecule is CC(=O)Nc1cc(COc2ccc(CC(=O)Cc3cc([Si](C)(C)C)ccc3F)c(F)c2)ccn1. The summed E-state index contributed by atoms with van der Waals surface area (Å²) in [4.78, 5) is 27.8. The van der Waals surface area contributed by atoms with E-state index in [0.29, 0.717) is 17.1 Å².